The first-order valence-electron chi connectivity index (χ1n) is 5.38. The number of nitriles is 1. The Kier molecular flexibility index (Phi) is 3.72. The van der Waals surface area contributed by atoms with Crippen LogP contribution in [0.1, 0.15) is 44.4 Å². The second-order valence-electron chi connectivity index (χ2n) is 5.10. The molecule has 16 heavy (non-hydrogen) atoms. The predicted molar refractivity (Wildman–Crippen MR) is 65.0 cm³/mol. The summed E-state index contributed by atoms with van der Waals surface area (Å²) in [6, 6.07) is 7.94. The van der Waals surface area contributed by atoms with Crippen molar-refractivity contribution in [3.8, 4) is 6.07 Å². The van der Waals surface area contributed by atoms with Crippen LogP contribution in [0.25, 0.3) is 0 Å². The van der Waals surface area contributed by atoms with E-state index in [-0.39, 0.29) is 12.0 Å². The molecule has 0 bridgehead atoms. The molecule has 1 radical (unpaired) electrons. The lowest BCUT2D eigenvalue weighted by atomic mass is 9.83. The third-order valence-corrected chi connectivity index (χ3v) is 2.66. The first kappa shape index (κ1) is 12.7. The SMILES string of the molecule is C[C](CO)c1cc(C#N)cc(C(C)(C)C)c1. The van der Waals surface area contributed by atoms with Crippen molar-refractivity contribution in [2.24, 2.45) is 0 Å². The molecule has 0 fully saturated rings. The molecular formula is C14H18NO. The van der Waals surface area contributed by atoms with E-state index >= 15 is 0 Å². The second kappa shape index (κ2) is 4.67. The summed E-state index contributed by atoms with van der Waals surface area (Å²) < 4.78 is 0. The van der Waals surface area contributed by atoms with Crippen LogP contribution < -0.4 is 0 Å². The van der Waals surface area contributed by atoms with E-state index in [1.807, 2.05) is 25.1 Å². The average Bonchev–Trinajstić information content (AvgIpc) is 2.26. The third-order valence-electron chi connectivity index (χ3n) is 2.66. The van der Waals surface area contributed by atoms with Crippen molar-refractivity contribution in [3.63, 3.8) is 0 Å². The van der Waals surface area contributed by atoms with E-state index in [0.717, 1.165) is 17.0 Å². The normalized spacial score (nSPS) is 11.6. The fraction of sp³-hybridized carbons (Fsp3) is 0.429. The highest BCUT2D eigenvalue weighted by Gasteiger charge is 2.17. The average molecular weight is 216 g/mol. The Labute approximate surface area is 97.5 Å². The maximum Gasteiger partial charge on any atom is 0.0991 e. The van der Waals surface area contributed by atoms with Gasteiger partial charge in [0, 0.05) is 5.92 Å². The Bertz CT molecular complexity index is 410. The Morgan fingerprint density at radius 2 is 1.94 bits per heavy atom. The van der Waals surface area contributed by atoms with E-state index in [1.54, 1.807) is 0 Å². The van der Waals surface area contributed by atoms with Crippen molar-refractivity contribution in [2.45, 2.75) is 33.1 Å². The molecule has 0 aliphatic carbocycles. The number of aliphatic hydroxyl groups excluding tert-OH is 1. The molecular weight excluding hydrogens is 198 g/mol. The van der Waals surface area contributed by atoms with E-state index in [1.165, 1.54) is 0 Å². The molecule has 0 spiro atoms. The van der Waals surface area contributed by atoms with Gasteiger partial charge in [0.1, 0.15) is 0 Å². The smallest absolute Gasteiger partial charge is 0.0991 e. The number of hydrogen-bond acceptors (Lipinski definition) is 2. The second-order valence-corrected chi connectivity index (χ2v) is 5.10. The van der Waals surface area contributed by atoms with E-state index < -0.39 is 0 Å². The van der Waals surface area contributed by atoms with Crippen LogP contribution in [0.2, 0.25) is 0 Å². The van der Waals surface area contributed by atoms with Crippen molar-refractivity contribution in [3.05, 3.63) is 40.8 Å². The minimum atomic E-state index is 0.0113. The molecule has 0 aliphatic heterocycles. The molecule has 1 aromatic carbocycles. The number of benzene rings is 1. The van der Waals surface area contributed by atoms with Crippen molar-refractivity contribution in [2.75, 3.05) is 6.61 Å². The summed E-state index contributed by atoms with van der Waals surface area (Å²) in [6.07, 6.45) is 0. The molecule has 0 atom stereocenters. The summed E-state index contributed by atoms with van der Waals surface area (Å²) in [5.41, 5.74) is 2.73. The van der Waals surface area contributed by atoms with Crippen molar-refractivity contribution >= 4 is 0 Å². The first-order chi connectivity index (χ1) is 7.38. The van der Waals surface area contributed by atoms with E-state index in [2.05, 4.69) is 26.8 Å². The Morgan fingerprint density at radius 3 is 2.38 bits per heavy atom. The summed E-state index contributed by atoms with van der Waals surface area (Å²) in [5.74, 6) is 0.891. The molecule has 1 N–H and O–H groups in total. The first-order valence-corrected chi connectivity index (χ1v) is 5.38. The van der Waals surface area contributed by atoms with Gasteiger partial charge in [-0.1, -0.05) is 33.8 Å². The van der Waals surface area contributed by atoms with E-state index in [9.17, 15) is 0 Å². The zero-order valence-corrected chi connectivity index (χ0v) is 10.3. The lowest BCUT2D eigenvalue weighted by molar-refractivity contribution is 0.315. The van der Waals surface area contributed by atoms with Gasteiger partial charge >= 0.3 is 0 Å². The monoisotopic (exact) mass is 216 g/mol. The zero-order chi connectivity index (χ0) is 12.3. The highest BCUT2D eigenvalue weighted by Crippen LogP contribution is 2.26. The summed E-state index contributed by atoms with van der Waals surface area (Å²) in [4.78, 5) is 0. The predicted octanol–water partition coefficient (Wildman–Crippen LogP) is 2.79. The fourth-order valence-corrected chi connectivity index (χ4v) is 1.46. The van der Waals surface area contributed by atoms with Gasteiger partial charge in [0.25, 0.3) is 0 Å². The summed E-state index contributed by atoms with van der Waals surface area (Å²) in [7, 11) is 0. The lowest BCUT2D eigenvalue weighted by Gasteiger charge is -2.21. The summed E-state index contributed by atoms with van der Waals surface area (Å²) in [6.45, 7) is 8.24. The quantitative estimate of drug-likeness (QED) is 0.826. The van der Waals surface area contributed by atoms with Gasteiger partial charge in [-0.05, 0) is 28.7 Å². The van der Waals surface area contributed by atoms with Crippen molar-refractivity contribution in [1.82, 2.24) is 0 Å². The van der Waals surface area contributed by atoms with Crippen LogP contribution in [0, 0.1) is 17.2 Å². The summed E-state index contributed by atoms with van der Waals surface area (Å²) >= 11 is 0. The molecule has 0 unspecified atom stereocenters. The van der Waals surface area contributed by atoms with Gasteiger partial charge < -0.3 is 5.11 Å². The lowest BCUT2D eigenvalue weighted by Crippen LogP contribution is -2.13. The van der Waals surface area contributed by atoms with Gasteiger partial charge in [-0.25, -0.2) is 0 Å². The highest BCUT2D eigenvalue weighted by atomic mass is 16.3. The van der Waals surface area contributed by atoms with Gasteiger partial charge in [-0.3, -0.25) is 0 Å². The molecule has 0 saturated heterocycles. The molecule has 85 valence electrons. The minimum absolute atomic E-state index is 0.0113. The Morgan fingerprint density at radius 1 is 1.31 bits per heavy atom. The molecule has 0 amide bonds. The van der Waals surface area contributed by atoms with E-state index in [0.29, 0.717) is 5.56 Å². The highest BCUT2D eigenvalue weighted by molar-refractivity contribution is 5.44. The third kappa shape index (κ3) is 2.84. The zero-order valence-electron chi connectivity index (χ0n) is 10.3. The maximum atomic E-state index is 9.13. The minimum Gasteiger partial charge on any atom is -0.395 e. The number of hydrogen-bond donors (Lipinski definition) is 1. The van der Waals surface area contributed by atoms with E-state index in [4.69, 9.17) is 10.4 Å². The molecule has 1 aromatic rings. The van der Waals surface area contributed by atoms with Crippen LogP contribution in [-0.2, 0) is 5.41 Å². The van der Waals surface area contributed by atoms with Crippen LogP contribution in [0.5, 0.6) is 0 Å². The van der Waals surface area contributed by atoms with Gasteiger partial charge in [-0.2, -0.15) is 5.26 Å². The van der Waals surface area contributed by atoms with Crippen LogP contribution in [-0.4, -0.2) is 11.7 Å². The number of rotatable bonds is 2. The number of aliphatic hydroxyl groups is 1. The van der Waals surface area contributed by atoms with Crippen LogP contribution in [0.15, 0.2) is 18.2 Å². The van der Waals surface area contributed by atoms with Crippen LogP contribution in [0.4, 0.5) is 0 Å². The van der Waals surface area contributed by atoms with Crippen molar-refractivity contribution < 1.29 is 5.11 Å². The fourth-order valence-electron chi connectivity index (χ4n) is 1.46. The molecule has 1 rings (SSSR count). The molecule has 2 nitrogen and oxygen atoms in total. The largest absolute Gasteiger partial charge is 0.395 e. The summed E-state index contributed by atoms with van der Waals surface area (Å²) in [5, 5.41) is 18.1. The van der Waals surface area contributed by atoms with Gasteiger partial charge in [0.2, 0.25) is 0 Å². The molecule has 0 aliphatic rings. The molecule has 0 aromatic heterocycles. The van der Waals surface area contributed by atoms with Crippen molar-refractivity contribution in [1.29, 1.82) is 5.26 Å². The van der Waals surface area contributed by atoms with Gasteiger partial charge in [0.15, 0.2) is 0 Å². The van der Waals surface area contributed by atoms with Gasteiger partial charge in [0.05, 0.1) is 18.2 Å². The van der Waals surface area contributed by atoms with Crippen LogP contribution in [0.3, 0.4) is 0 Å². The van der Waals surface area contributed by atoms with Crippen LogP contribution >= 0.6 is 0 Å². The molecule has 0 heterocycles. The Hall–Kier alpha value is -1.33. The maximum absolute atomic E-state index is 9.13. The molecule has 2 heteroatoms. The molecule has 0 saturated carbocycles. The number of nitrogens with zero attached hydrogens (tertiary/aromatic N) is 1. The topological polar surface area (TPSA) is 44.0 Å². The van der Waals surface area contributed by atoms with Gasteiger partial charge in [-0.15, -0.1) is 0 Å². The Balaban J connectivity index is 3.28. The standard InChI is InChI=1S/C14H18NO/c1-10(9-16)12-5-11(8-15)6-13(7-12)14(2,3)4/h5-7,16H,9H2,1-4H3.